The first-order valence-corrected chi connectivity index (χ1v) is 6.41. The first-order valence-electron chi connectivity index (χ1n) is 6.41. The fraction of sp³-hybridized carbons (Fsp3) is 0.923. The van der Waals surface area contributed by atoms with Crippen LogP contribution in [0.5, 0.6) is 0 Å². The molecule has 18 heavy (non-hydrogen) atoms. The minimum atomic E-state index is -1.28. The fourth-order valence-electron chi connectivity index (χ4n) is 1.57. The van der Waals surface area contributed by atoms with E-state index in [0.29, 0.717) is 0 Å². The zero-order valence-electron chi connectivity index (χ0n) is 11.7. The molecule has 0 heterocycles. The van der Waals surface area contributed by atoms with Crippen LogP contribution < -0.4 is 0 Å². The summed E-state index contributed by atoms with van der Waals surface area (Å²) in [7, 11) is 0. The van der Waals surface area contributed by atoms with Crippen LogP contribution in [0.1, 0.15) is 40.5 Å². The van der Waals surface area contributed by atoms with E-state index < -0.39 is 30.2 Å². The van der Waals surface area contributed by atoms with E-state index in [1.54, 1.807) is 0 Å². The van der Waals surface area contributed by atoms with Crippen molar-refractivity contribution in [1.29, 1.82) is 0 Å². The predicted octanol–water partition coefficient (Wildman–Crippen LogP) is 0.706. The van der Waals surface area contributed by atoms with E-state index in [4.69, 9.17) is 14.9 Å². The first kappa shape index (κ1) is 17.4. The normalized spacial score (nSPS) is 17.1. The summed E-state index contributed by atoms with van der Waals surface area (Å²) in [6, 6.07) is 0. The Bertz CT molecular complexity index is 252. The van der Waals surface area contributed by atoms with Crippen LogP contribution in [-0.4, -0.2) is 46.7 Å². The van der Waals surface area contributed by atoms with Gasteiger partial charge in [0, 0.05) is 0 Å². The SMILES string of the molecule is CCCC(C)C(C)(C)C(=O)OC[C@H](O)[C@H](O)CO. The van der Waals surface area contributed by atoms with Crippen LogP contribution in [0.4, 0.5) is 0 Å². The van der Waals surface area contributed by atoms with Gasteiger partial charge in [-0.15, -0.1) is 0 Å². The van der Waals surface area contributed by atoms with Crippen LogP contribution in [-0.2, 0) is 9.53 Å². The molecule has 0 aliphatic carbocycles. The van der Waals surface area contributed by atoms with Crippen LogP contribution in [0.3, 0.4) is 0 Å². The molecule has 0 aliphatic heterocycles. The smallest absolute Gasteiger partial charge is 0.311 e. The number of hydrogen-bond donors (Lipinski definition) is 3. The molecule has 1 unspecified atom stereocenters. The summed E-state index contributed by atoms with van der Waals surface area (Å²) in [5.74, 6) is -0.220. The van der Waals surface area contributed by atoms with E-state index in [-0.39, 0.29) is 12.5 Å². The van der Waals surface area contributed by atoms with Crippen molar-refractivity contribution < 1.29 is 24.9 Å². The number of hydrogen-bond acceptors (Lipinski definition) is 5. The highest BCUT2D eigenvalue weighted by Crippen LogP contribution is 2.31. The summed E-state index contributed by atoms with van der Waals surface area (Å²) < 4.78 is 5.00. The molecule has 0 bridgehead atoms. The number of aliphatic hydroxyl groups is 3. The van der Waals surface area contributed by atoms with Crippen LogP contribution in [0, 0.1) is 11.3 Å². The lowest BCUT2D eigenvalue weighted by Crippen LogP contribution is -2.38. The molecule has 0 rings (SSSR count). The molecule has 0 amide bonds. The topological polar surface area (TPSA) is 87.0 Å². The van der Waals surface area contributed by atoms with Crippen molar-refractivity contribution in [2.75, 3.05) is 13.2 Å². The summed E-state index contributed by atoms with van der Waals surface area (Å²) in [5.41, 5.74) is -0.625. The van der Waals surface area contributed by atoms with Crippen molar-refractivity contribution >= 4 is 5.97 Å². The van der Waals surface area contributed by atoms with Crippen molar-refractivity contribution in [3.63, 3.8) is 0 Å². The van der Waals surface area contributed by atoms with E-state index >= 15 is 0 Å². The molecule has 0 aromatic rings. The molecule has 3 atom stereocenters. The maximum Gasteiger partial charge on any atom is 0.311 e. The molecule has 108 valence electrons. The van der Waals surface area contributed by atoms with Crippen molar-refractivity contribution in [2.24, 2.45) is 11.3 Å². The van der Waals surface area contributed by atoms with Gasteiger partial charge in [-0.05, 0) is 26.2 Å². The van der Waals surface area contributed by atoms with E-state index in [9.17, 15) is 9.90 Å². The Labute approximate surface area is 109 Å². The monoisotopic (exact) mass is 262 g/mol. The highest BCUT2D eigenvalue weighted by Gasteiger charge is 2.35. The molecular weight excluding hydrogens is 236 g/mol. The summed E-state index contributed by atoms with van der Waals surface area (Å²) in [5, 5.41) is 27.2. The molecule has 0 aromatic heterocycles. The Balaban J connectivity index is 4.31. The number of rotatable bonds is 8. The zero-order valence-corrected chi connectivity index (χ0v) is 11.7. The first-order chi connectivity index (χ1) is 8.27. The molecule has 0 aliphatic rings. The van der Waals surface area contributed by atoms with Crippen LogP contribution >= 0.6 is 0 Å². The Hall–Kier alpha value is -0.650. The standard InChI is InChI=1S/C13H26O5/c1-5-6-9(2)13(3,4)12(17)18-8-11(16)10(15)7-14/h9-11,14-16H,5-8H2,1-4H3/t9?,10-,11+/m1/s1. The highest BCUT2D eigenvalue weighted by atomic mass is 16.5. The second-order valence-electron chi connectivity index (χ2n) is 5.33. The maximum absolute atomic E-state index is 11.9. The lowest BCUT2D eigenvalue weighted by molar-refractivity contribution is -0.162. The van der Waals surface area contributed by atoms with Gasteiger partial charge < -0.3 is 20.1 Å². The van der Waals surface area contributed by atoms with Crippen LogP contribution in [0.15, 0.2) is 0 Å². The summed E-state index contributed by atoms with van der Waals surface area (Å²) in [6.07, 6.45) is -0.626. The van der Waals surface area contributed by atoms with E-state index in [2.05, 4.69) is 6.92 Å². The van der Waals surface area contributed by atoms with E-state index in [1.165, 1.54) is 0 Å². The van der Waals surface area contributed by atoms with Gasteiger partial charge in [0.2, 0.25) is 0 Å². The molecule has 5 heteroatoms. The van der Waals surface area contributed by atoms with Crippen molar-refractivity contribution in [3.8, 4) is 0 Å². The molecule has 5 nitrogen and oxygen atoms in total. The third-order valence-corrected chi connectivity index (χ3v) is 3.50. The van der Waals surface area contributed by atoms with Crippen molar-refractivity contribution in [3.05, 3.63) is 0 Å². The largest absolute Gasteiger partial charge is 0.462 e. The van der Waals surface area contributed by atoms with Gasteiger partial charge in [0.1, 0.15) is 18.8 Å². The highest BCUT2D eigenvalue weighted by molar-refractivity contribution is 5.76. The minimum absolute atomic E-state index is 0.176. The third-order valence-electron chi connectivity index (χ3n) is 3.50. The third kappa shape index (κ3) is 4.92. The molecule has 0 saturated heterocycles. The number of aliphatic hydroxyl groups excluding tert-OH is 3. The lowest BCUT2D eigenvalue weighted by Gasteiger charge is -2.30. The van der Waals surface area contributed by atoms with E-state index in [0.717, 1.165) is 12.8 Å². The Morgan fingerprint density at radius 1 is 1.28 bits per heavy atom. The van der Waals surface area contributed by atoms with E-state index in [1.807, 2.05) is 20.8 Å². The van der Waals surface area contributed by atoms with Crippen molar-refractivity contribution in [1.82, 2.24) is 0 Å². The average molecular weight is 262 g/mol. The van der Waals surface area contributed by atoms with Gasteiger partial charge in [-0.3, -0.25) is 4.79 Å². The van der Waals surface area contributed by atoms with Gasteiger partial charge in [-0.1, -0.05) is 20.3 Å². The molecule has 0 aromatic carbocycles. The van der Waals surface area contributed by atoms with Crippen LogP contribution in [0.2, 0.25) is 0 Å². The number of carbonyl (C=O) groups excluding carboxylic acids is 1. The van der Waals surface area contributed by atoms with Gasteiger partial charge >= 0.3 is 5.97 Å². The minimum Gasteiger partial charge on any atom is -0.462 e. The molecular formula is C13H26O5. The predicted molar refractivity (Wildman–Crippen MR) is 67.9 cm³/mol. The van der Waals surface area contributed by atoms with Gasteiger partial charge in [0.25, 0.3) is 0 Å². The van der Waals surface area contributed by atoms with Crippen molar-refractivity contribution in [2.45, 2.75) is 52.7 Å². The zero-order chi connectivity index (χ0) is 14.3. The Kier molecular flexibility index (Phi) is 7.43. The van der Waals surface area contributed by atoms with Gasteiger partial charge in [-0.2, -0.15) is 0 Å². The number of carbonyl (C=O) groups is 1. The lowest BCUT2D eigenvalue weighted by atomic mass is 9.78. The maximum atomic E-state index is 11.9. The second-order valence-corrected chi connectivity index (χ2v) is 5.33. The van der Waals surface area contributed by atoms with Gasteiger partial charge in [0.05, 0.1) is 12.0 Å². The quantitative estimate of drug-likeness (QED) is 0.561. The van der Waals surface area contributed by atoms with Gasteiger partial charge in [-0.25, -0.2) is 0 Å². The summed E-state index contributed by atoms with van der Waals surface area (Å²) in [6.45, 7) is 6.80. The molecule has 0 spiro atoms. The van der Waals surface area contributed by atoms with Gasteiger partial charge in [0.15, 0.2) is 0 Å². The Morgan fingerprint density at radius 2 is 1.83 bits per heavy atom. The fourth-order valence-corrected chi connectivity index (χ4v) is 1.57. The summed E-state index contributed by atoms with van der Waals surface area (Å²) >= 11 is 0. The second kappa shape index (κ2) is 7.71. The Morgan fingerprint density at radius 3 is 2.28 bits per heavy atom. The van der Waals surface area contributed by atoms with Crippen LogP contribution in [0.25, 0.3) is 0 Å². The number of esters is 1. The molecule has 0 fully saturated rings. The summed E-state index contributed by atoms with van der Waals surface area (Å²) in [4.78, 5) is 11.9. The molecule has 3 N–H and O–H groups in total. The molecule has 0 saturated carbocycles. The average Bonchev–Trinajstić information content (AvgIpc) is 2.34. The number of ether oxygens (including phenoxy) is 1. The molecule has 0 radical (unpaired) electrons.